The minimum atomic E-state index is -0.382. The van der Waals surface area contributed by atoms with Crippen molar-refractivity contribution in [2.24, 2.45) is 4.99 Å². The largest absolute Gasteiger partial charge is 0.633 e. The maximum absolute atomic E-state index is 14.1. The van der Waals surface area contributed by atoms with Crippen LogP contribution in [0.4, 0.5) is 15.8 Å². The quantitative estimate of drug-likeness (QED) is 0.406. The molecule has 2 fully saturated rings. The molecule has 6 nitrogen and oxygen atoms in total. The molecule has 33 heavy (non-hydrogen) atoms. The number of anilines is 2. The molecule has 0 bridgehead atoms. The standard InChI is InChI=1S/C26H34FN5O/c27-21-7-5-11-24(17-21)31-19-29-25(30-23-9-2-1-3-10-23)26(31)12-14-32(33,15-13-26)18-20-6-4-8-22(28)16-20/h4-8,11,16-17,23H,1-3,9-10,12-15,18-19,28H2,(H,29,30). The lowest BCUT2D eigenvalue weighted by Gasteiger charge is -2.53. The van der Waals surface area contributed by atoms with E-state index in [0.29, 0.717) is 50.9 Å². The molecule has 0 unspecified atom stereocenters. The first-order valence-corrected chi connectivity index (χ1v) is 12.2. The van der Waals surface area contributed by atoms with Gasteiger partial charge in [0.1, 0.15) is 30.4 Å². The van der Waals surface area contributed by atoms with Crippen molar-refractivity contribution in [1.29, 1.82) is 0 Å². The lowest BCUT2D eigenvalue weighted by atomic mass is 9.83. The average Bonchev–Trinajstić information content (AvgIpc) is 3.14. The van der Waals surface area contributed by atoms with Gasteiger partial charge >= 0.3 is 0 Å². The van der Waals surface area contributed by atoms with Gasteiger partial charge in [-0.05, 0) is 43.2 Å². The first-order chi connectivity index (χ1) is 16.0. The van der Waals surface area contributed by atoms with Crippen LogP contribution in [0, 0.1) is 11.0 Å². The van der Waals surface area contributed by atoms with E-state index in [0.717, 1.165) is 29.9 Å². The molecule has 3 aliphatic rings. The molecule has 1 saturated carbocycles. The van der Waals surface area contributed by atoms with Gasteiger partial charge in [0.25, 0.3) is 0 Å². The van der Waals surface area contributed by atoms with Gasteiger partial charge in [0, 0.05) is 35.8 Å². The highest BCUT2D eigenvalue weighted by Crippen LogP contribution is 2.40. The normalized spacial score (nSPS) is 28.2. The summed E-state index contributed by atoms with van der Waals surface area (Å²) >= 11 is 0. The lowest BCUT2D eigenvalue weighted by Crippen LogP contribution is -2.64. The van der Waals surface area contributed by atoms with Crippen molar-refractivity contribution in [1.82, 2.24) is 5.32 Å². The highest BCUT2D eigenvalue weighted by atomic mass is 19.1. The van der Waals surface area contributed by atoms with Crippen molar-refractivity contribution in [3.63, 3.8) is 0 Å². The fourth-order valence-corrected chi connectivity index (χ4v) is 5.85. The Morgan fingerprint density at radius 3 is 2.58 bits per heavy atom. The van der Waals surface area contributed by atoms with Crippen LogP contribution in [-0.2, 0) is 6.54 Å². The van der Waals surface area contributed by atoms with Gasteiger partial charge in [-0.3, -0.25) is 0 Å². The fraction of sp³-hybridized carbons (Fsp3) is 0.500. The summed E-state index contributed by atoms with van der Waals surface area (Å²) in [4.78, 5) is 7.13. The summed E-state index contributed by atoms with van der Waals surface area (Å²) in [6.45, 7) is 1.90. The van der Waals surface area contributed by atoms with E-state index in [4.69, 9.17) is 10.7 Å². The topological polar surface area (TPSA) is 76.7 Å². The summed E-state index contributed by atoms with van der Waals surface area (Å²) in [5.74, 6) is 0.747. The molecule has 176 valence electrons. The zero-order valence-electron chi connectivity index (χ0n) is 19.2. The van der Waals surface area contributed by atoms with Crippen molar-refractivity contribution >= 4 is 17.2 Å². The van der Waals surface area contributed by atoms with Crippen LogP contribution in [0.5, 0.6) is 0 Å². The van der Waals surface area contributed by atoms with E-state index in [-0.39, 0.29) is 16.0 Å². The summed E-state index contributed by atoms with van der Waals surface area (Å²) in [6.07, 6.45) is 7.48. The van der Waals surface area contributed by atoms with E-state index in [1.807, 2.05) is 30.3 Å². The molecule has 0 amide bonds. The number of amidine groups is 1. The third kappa shape index (κ3) is 4.57. The van der Waals surface area contributed by atoms with Gasteiger partial charge in [-0.2, -0.15) is 0 Å². The smallest absolute Gasteiger partial charge is 0.125 e. The van der Waals surface area contributed by atoms with Crippen LogP contribution in [0.1, 0.15) is 50.5 Å². The van der Waals surface area contributed by atoms with Crippen LogP contribution in [0.15, 0.2) is 53.5 Å². The Morgan fingerprint density at radius 1 is 1.09 bits per heavy atom. The Kier molecular flexibility index (Phi) is 6.01. The summed E-state index contributed by atoms with van der Waals surface area (Å²) in [5, 5.41) is 17.5. The Bertz CT molecular complexity index is 1010. The van der Waals surface area contributed by atoms with E-state index < -0.39 is 0 Å². The highest BCUT2D eigenvalue weighted by molar-refractivity contribution is 5.97. The van der Waals surface area contributed by atoms with Crippen LogP contribution in [0.2, 0.25) is 0 Å². The van der Waals surface area contributed by atoms with Crippen LogP contribution < -0.4 is 16.0 Å². The molecule has 5 rings (SSSR count). The number of hydroxylamine groups is 3. The first-order valence-electron chi connectivity index (χ1n) is 12.2. The van der Waals surface area contributed by atoms with E-state index in [1.165, 1.54) is 25.3 Å². The second kappa shape index (κ2) is 8.95. The van der Waals surface area contributed by atoms with Crippen LogP contribution in [0.3, 0.4) is 0 Å². The van der Waals surface area contributed by atoms with Crippen LogP contribution in [-0.4, -0.2) is 41.8 Å². The van der Waals surface area contributed by atoms with Crippen LogP contribution >= 0.6 is 0 Å². The van der Waals surface area contributed by atoms with E-state index in [9.17, 15) is 9.60 Å². The Hall–Kier alpha value is -2.64. The van der Waals surface area contributed by atoms with Crippen molar-refractivity contribution < 1.29 is 9.04 Å². The number of likely N-dealkylation sites (tertiary alicyclic amines) is 1. The first kappa shape index (κ1) is 22.2. The molecular formula is C26H34FN5O. The molecule has 2 aromatic carbocycles. The van der Waals surface area contributed by atoms with Crippen LogP contribution in [0.25, 0.3) is 0 Å². The number of halogens is 1. The van der Waals surface area contributed by atoms with Gasteiger partial charge < -0.3 is 25.8 Å². The molecule has 0 atom stereocenters. The number of nitrogens with zero attached hydrogens (tertiary/aromatic N) is 3. The molecule has 2 heterocycles. The number of benzene rings is 2. The molecule has 1 spiro atoms. The number of nitrogens with two attached hydrogens (primary N) is 1. The summed E-state index contributed by atoms with van der Waals surface area (Å²) < 4.78 is 13.8. The number of piperidine rings is 1. The number of quaternary nitrogens is 1. The van der Waals surface area contributed by atoms with Crippen molar-refractivity contribution in [2.45, 2.75) is 63.1 Å². The fourth-order valence-electron chi connectivity index (χ4n) is 5.85. The number of hydrogen-bond acceptors (Lipinski definition) is 5. The second-order valence-corrected chi connectivity index (χ2v) is 9.98. The minimum absolute atomic E-state index is 0.247. The maximum atomic E-state index is 14.1. The van der Waals surface area contributed by atoms with Gasteiger partial charge in [-0.15, -0.1) is 0 Å². The molecule has 2 aliphatic heterocycles. The molecule has 1 saturated heterocycles. The zero-order valence-corrected chi connectivity index (χ0v) is 19.2. The highest BCUT2D eigenvalue weighted by Gasteiger charge is 2.51. The number of hydrogen-bond donors (Lipinski definition) is 2. The maximum Gasteiger partial charge on any atom is 0.125 e. The third-order valence-corrected chi connectivity index (χ3v) is 7.68. The van der Waals surface area contributed by atoms with Gasteiger partial charge in [-0.1, -0.05) is 37.5 Å². The molecule has 7 heteroatoms. The van der Waals surface area contributed by atoms with E-state index >= 15 is 0 Å². The third-order valence-electron chi connectivity index (χ3n) is 7.68. The van der Waals surface area contributed by atoms with E-state index in [2.05, 4.69) is 10.2 Å². The second-order valence-electron chi connectivity index (χ2n) is 9.98. The molecule has 3 N–H and O–H groups in total. The van der Waals surface area contributed by atoms with Crippen molar-refractivity contribution in [3.8, 4) is 0 Å². The SMILES string of the molecule is Nc1cccc(C[N+]2([O-])CCC3(CC2)C(NC2CCCCC2)=NCN3c2cccc(F)c2)c1. The summed E-state index contributed by atoms with van der Waals surface area (Å²) in [7, 11) is 0. The Morgan fingerprint density at radius 2 is 1.85 bits per heavy atom. The Labute approximate surface area is 195 Å². The predicted octanol–water partition coefficient (Wildman–Crippen LogP) is 4.55. The van der Waals surface area contributed by atoms with Crippen molar-refractivity contribution in [2.75, 3.05) is 30.4 Å². The molecule has 2 aromatic rings. The Balaban J connectivity index is 1.39. The monoisotopic (exact) mass is 451 g/mol. The molecular weight excluding hydrogens is 417 g/mol. The number of rotatable bonds is 4. The van der Waals surface area contributed by atoms with Gasteiger partial charge in [-0.25, -0.2) is 9.38 Å². The lowest BCUT2D eigenvalue weighted by molar-refractivity contribution is -0.899. The predicted molar refractivity (Wildman–Crippen MR) is 131 cm³/mol. The van der Waals surface area contributed by atoms with Crippen molar-refractivity contribution in [3.05, 3.63) is 65.1 Å². The van der Waals surface area contributed by atoms with E-state index in [1.54, 1.807) is 12.1 Å². The van der Waals surface area contributed by atoms with Gasteiger partial charge in [0.15, 0.2) is 0 Å². The minimum Gasteiger partial charge on any atom is -0.633 e. The molecule has 0 aromatic heterocycles. The molecule has 1 aliphatic carbocycles. The van der Waals surface area contributed by atoms with Gasteiger partial charge in [0.2, 0.25) is 0 Å². The number of aliphatic imine (C=N–C) groups is 1. The number of nitrogen functional groups attached to an aromatic ring is 1. The summed E-state index contributed by atoms with van der Waals surface area (Å²) in [5.41, 5.74) is 8.05. The zero-order chi connectivity index (χ0) is 22.9. The number of nitrogens with one attached hydrogen (secondary N) is 1. The molecule has 0 radical (unpaired) electrons. The van der Waals surface area contributed by atoms with Gasteiger partial charge in [0.05, 0.1) is 13.1 Å². The summed E-state index contributed by atoms with van der Waals surface area (Å²) in [6, 6.07) is 14.8. The average molecular weight is 452 g/mol.